The minimum absolute atomic E-state index is 0.113. The van der Waals surface area contributed by atoms with Gasteiger partial charge in [-0.15, -0.1) is 0 Å². The number of nitrogens with one attached hydrogen (secondary N) is 1. The zero-order chi connectivity index (χ0) is 16.3. The average Bonchev–Trinajstić information content (AvgIpc) is 3.20. The van der Waals surface area contributed by atoms with Crippen LogP contribution in [0.1, 0.15) is 0 Å². The molecule has 2 aliphatic heterocycles. The average molecular weight is 320 g/mol. The molecule has 0 saturated carbocycles. The number of hydrogen-bond acceptors (Lipinski definition) is 6. The molecule has 2 aromatic heterocycles. The lowest BCUT2D eigenvalue weighted by molar-refractivity contribution is -0.122. The normalized spacial score (nSPS) is 26.0. The number of nitrogens with zero attached hydrogens (tertiary/aromatic N) is 3. The summed E-state index contributed by atoms with van der Waals surface area (Å²) in [6.45, 7) is 4.00. The third-order valence-corrected chi connectivity index (χ3v) is 4.60. The fourth-order valence-electron chi connectivity index (χ4n) is 3.59. The molecule has 23 heavy (non-hydrogen) atoms. The van der Waals surface area contributed by atoms with E-state index >= 15 is 0 Å². The minimum Gasteiger partial charge on any atom is -0.483 e. The Morgan fingerprint density at radius 3 is 3.26 bits per heavy atom. The molecule has 0 aromatic carbocycles. The van der Waals surface area contributed by atoms with Crippen molar-refractivity contribution in [3.63, 3.8) is 0 Å². The van der Waals surface area contributed by atoms with Crippen molar-refractivity contribution in [2.45, 2.75) is 0 Å². The lowest BCUT2D eigenvalue weighted by atomic mass is 9.82. The largest absolute Gasteiger partial charge is 0.483 e. The number of ether oxygens (including phenoxy) is 2. The molecule has 4 rings (SSSR count). The first-order chi connectivity index (χ1) is 11.2. The Bertz CT molecular complexity index is 676. The van der Waals surface area contributed by atoms with Crippen LogP contribution in [0, 0.1) is 11.3 Å². The van der Waals surface area contributed by atoms with Gasteiger partial charge >= 0.3 is 0 Å². The van der Waals surface area contributed by atoms with Crippen LogP contribution in [-0.2, 0) is 14.3 Å². The van der Waals surface area contributed by atoms with Crippen molar-refractivity contribution in [3.8, 4) is 0 Å². The number of carboxylic acid groups (broad SMARTS) is 1. The second-order valence-corrected chi connectivity index (χ2v) is 5.96. The van der Waals surface area contributed by atoms with Crippen LogP contribution < -0.4 is 4.90 Å². The van der Waals surface area contributed by atoms with Crippen LogP contribution in [0.3, 0.4) is 0 Å². The Labute approximate surface area is 133 Å². The van der Waals surface area contributed by atoms with E-state index in [4.69, 9.17) is 19.4 Å². The summed E-state index contributed by atoms with van der Waals surface area (Å²) >= 11 is 0. The van der Waals surface area contributed by atoms with Crippen molar-refractivity contribution in [2.24, 2.45) is 11.3 Å². The molecule has 2 fully saturated rings. The fraction of sp³-hybridized carbons (Fsp3) is 0.533. The lowest BCUT2D eigenvalue weighted by Gasteiger charge is -2.26. The van der Waals surface area contributed by atoms with E-state index in [9.17, 15) is 0 Å². The maximum absolute atomic E-state index is 8.36. The van der Waals surface area contributed by atoms with E-state index in [0.717, 1.165) is 49.6 Å². The van der Waals surface area contributed by atoms with E-state index in [-0.39, 0.29) is 11.9 Å². The van der Waals surface area contributed by atoms with E-state index in [1.807, 2.05) is 18.5 Å². The summed E-state index contributed by atoms with van der Waals surface area (Å²) in [4.78, 5) is 15.3. The summed E-state index contributed by atoms with van der Waals surface area (Å²) in [6.07, 6.45) is 3.69. The Morgan fingerprint density at radius 2 is 2.48 bits per heavy atom. The van der Waals surface area contributed by atoms with E-state index in [1.165, 1.54) is 0 Å². The third-order valence-electron chi connectivity index (χ3n) is 4.60. The van der Waals surface area contributed by atoms with Crippen LogP contribution in [0.4, 0.5) is 5.82 Å². The van der Waals surface area contributed by atoms with Crippen molar-refractivity contribution in [2.75, 3.05) is 44.9 Å². The molecular formula is C15H20N4O4. The first-order valence-electron chi connectivity index (χ1n) is 7.41. The second-order valence-electron chi connectivity index (χ2n) is 5.96. The van der Waals surface area contributed by atoms with Crippen LogP contribution in [-0.4, -0.2) is 66.8 Å². The number of H-pyrrole nitrogens is 1. The van der Waals surface area contributed by atoms with Gasteiger partial charge in [0.05, 0.1) is 36.9 Å². The molecule has 0 radical (unpaired) electrons. The number of aromatic nitrogens is 3. The number of methoxy groups -OCH3 is 1. The predicted octanol–water partition coefficient (Wildman–Crippen LogP) is 0.758. The summed E-state index contributed by atoms with van der Waals surface area (Å²) in [5.41, 5.74) is 1.14. The predicted molar refractivity (Wildman–Crippen MR) is 83.4 cm³/mol. The van der Waals surface area contributed by atoms with Crippen LogP contribution >= 0.6 is 0 Å². The van der Waals surface area contributed by atoms with Gasteiger partial charge in [0, 0.05) is 37.7 Å². The van der Waals surface area contributed by atoms with Gasteiger partial charge in [0.1, 0.15) is 5.82 Å². The molecule has 2 aromatic rings. The van der Waals surface area contributed by atoms with Crippen molar-refractivity contribution >= 4 is 23.2 Å². The maximum Gasteiger partial charge on any atom is 0.290 e. The summed E-state index contributed by atoms with van der Waals surface area (Å²) in [5, 5.41) is 15.1. The summed E-state index contributed by atoms with van der Waals surface area (Å²) in [7, 11) is 1.77. The molecule has 8 nitrogen and oxygen atoms in total. The van der Waals surface area contributed by atoms with Gasteiger partial charge in [-0.25, -0.2) is 4.98 Å². The zero-order valence-corrected chi connectivity index (χ0v) is 12.9. The highest BCUT2D eigenvalue weighted by molar-refractivity contribution is 5.89. The van der Waals surface area contributed by atoms with Gasteiger partial charge in [-0.1, -0.05) is 0 Å². The van der Waals surface area contributed by atoms with Gasteiger partial charge in [-0.05, 0) is 6.07 Å². The molecule has 0 aliphatic carbocycles. The van der Waals surface area contributed by atoms with Crippen LogP contribution in [0.2, 0.25) is 0 Å². The number of carbonyl (C=O) groups is 1. The second kappa shape index (κ2) is 6.51. The molecule has 0 unspecified atom stereocenters. The molecule has 0 amide bonds. The highest BCUT2D eigenvalue weighted by Gasteiger charge is 2.51. The van der Waals surface area contributed by atoms with E-state index in [1.54, 1.807) is 7.11 Å². The third kappa shape index (κ3) is 2.75. The first kappa shape index (κ1) is 15.7. The molecular weight excluding hydrogens is 300 g/mol. The number of rotatable bonds is 3. The minimum atomic E-state index is -0.250. The number of pyridine rings is 1. The van der Waals surface area contributed by atoms with Gasteiger partial charge < -0.3 is 19.5 Å². The highest BCUT2D eigenvalue weighted by atomic mass is 16.5. The van der Waals surface area contributed by atoms with Crippen LogP contribution in [0.15, 0.2) is 18.5 Å². The lowest BCUT2D eigenvalue weighted by Crippen LogP contribution is -2.35. The van der Waals surface area contributed by atoms with E-state index in [2.05, 4.69) is 20.1 Å². The Balaban J connectivity index is 0.000000485. The van der Waals surface area contributed by atoms with Crippen molar-refractivity contribution in [1.82, 2.24) is 15.2 Å². The highest BCUT2D eigenvalue weighted by Crippen LogP contribution is 2.43. The van der Waals surface area contributed by atoms with Crippen LogP contribution in [0.5, 0.6) is 0 Å². The van der Waals surface area contributed by atoms with E-state index in [0.29, 0.717) is 5.92 Å². The number of fused-ring (bicyclic) bond motifs is 2. The Hall–Kier alpha value is -2.19. The quantitative estimate of drug-likeness (QED) is 0.805. The number of anilines is 1. The van der Waals surface area contributed by atoms with E-state index < -0.39 is 0 Å². The summed E-state index contributed by atoms with van der Waals surface area (Å²) in [6, 6.07) is 1.96. The van der Waals surface area contributed by atoms with Crippen molar-refractivity contribution in [3.05, 3.63) is 18.5 Å². The first-order valence-corrected chi connectivity index (χ1v) is 7.41. The standard InChI is InChI=1S/C14H18N4O2.CH2O2/c1-19-8-14-7-18(5-10(14)6-20-9-14)13-11-4-16-17-12(11)2-3-15-13;2-1-3/h2-4,10H,5-9H2,1H3,(H,16,17);1H,(H,2,3)/t10-,14-;/m0./s1. The molecule has 8 heteroatoms. The topological polar surface area (TPSA) is 101 Å². The fourth-order valence-corrected chi connectivity index (χ4v) is 3.59. The number of hydrogen-bond donors (Lipinski definition) is 2. The zero-order valence-electron chi connectivity index (χ0n) is 12.9. The maximum atomic E-state index is 8.36. The molecule has 0 bridgehead atoms. The Morgan fingerprint density at radius 1 is 1.65 bits per heavy atom. The SMILES string of the molecule is COC[C@@]12COC[C@@H]1CN(c1nccc3[nH]ncc13)C2.O=CO. The summed E-state index contributed by atoms with van der Waals surface area (Å²) in [5.74, 6) is 1.53. The van der Waals surface area contributed by atoms with Gasteiger partial charge in [-0.2, -0.15) is 5.10 Å². The molecule has 2 aliphatic rings. The van der Waals surface area contributed by atoms with Gasteiger partial charge in [-0.3, -0.25) is 9.89 Å². The monoisotopic (exact) mass is 320 g/mol. The Kier molecular flexibility index (Phi) is 4.44. The molecule has 2 atom stereocenters. The smallest absolute Gasteiger partial charge is 0.290 e. The van der Waals surface area contributed by atoms with Crippen LogP contribution in [0.25, 0.3) is 10.9 Å². The molecule has 2 N–H and O–H groups in total. The van der Waals surface area contributed by atoms with Crippen molar-refractivity contribution in [1.29, 1.82) is 0 Å². The van der Waals surface area contributed by atoms with Gasteiger partial charge in [0.15, 0.2) is 0 Å². The van der Waals surface area contributed by atoms with Gasteiger partial charge in [0.25, 0.3) is 6.47 Å². The van der Waals surface area contributed by atoms with Crippen molar-refractivity contribution < 1.29 is 19.4 Å². The van der Waals surface area contributed by atoms with Gasteiger partial charge in [0.2, 0.25) is 0 Å². The molecule has 4 heterocycles. The number of aromatic amines is 1. The molecule has 0 spiro atoms. The molecule has 2 saturated heterocycles. The molecule has 124 valence electrons. The summed E-state index contributed by atoms with van der Waals surface area (Å²) < 4.78 is 11.1.